The average molecular weight is 289 g/mol. The van der Waals surface area contributed by atoms with Crippen molar-refractivity contribution in [1.82, 2.24) is 19.1 Å². The third-order valence-corrected chi connectivity index (χ3v) is 2.95. The quantitative estimate of drug-likeness (QED) is 0.781. The lowest BCUT2D eigenvalue weighted by molar-refractivity contribution is 0.410. The zero-order chi connectivity index (χ0) is 15.7. The first-order valence-electron chi connectivity index (χ1n) is 6.16. The Hall–Kier alpha value is -2.77. The van der Waals surface area contributed by atoms with Crippen molar-refractivity contribution in [3.8, 4) is 5.88 Å². The summed E-state index contributed by atoms with van der Waals surface area (Å²) in [6, 6.07) is 1.79. The first kappa shape index (κ1) is 14.6. The summed E-state index contributed by atoms with van der Waals surface area (Å²) in [5.74, 6) is -0.265. The standard InChI is InChI=1S/C13H15N5O3/c1-7-5-8(2)16-12(15-7)14-6-9-10(19)17(3)13(21)18(4)11(9)20/h5-6,19H,1-4H3/b14-6+. The minimum Gasteiger partial charge on any atom is -0.494 e. The zero-order valence-corrected chi connectivity index (χ0v) is 12.2. The van der Waals surface area contributed by atoms with E-state index in [4.69, 9.17) is 0 Å². The van der Waals surface area contributed by atoms with Crippen molar-refractivity contribution in [3.63, 3.8) is 0 Å². The number of aliphatic imine (C=N–C) groups is 1. The molecule has 0 fully saturated rings. The van der Waals surface area contributed by atoms with E-state index in [-0.39, 0.29) is 11.5 Å². The molecule has 0 aliphatic carbocycles. The maximum Gasteiger partial charge on any atom is 0.333 e. The number of nitrogens with zero attached hydrogens (tertiary/aromatic N) is 5. The molecule has 0 spiro atoms. The van der Waals surface area contributed by atoms with E-state index in [2.05, 4.69) is 15.0 Å². The van der Waals surface area contributed by atoms with E-state index >= 15 is 0 Å². The Morgan fingerprint density at radius 3 is 2.29 bits per heavy atom. The summed E-state index contributed by atoms with van der Waals surface area (Å²) in [6.45, 7) is 3.60. The van der Waals surface area contributed by atoms with Crippen molar-refractivity contribution in [2.24, 2.45) is 19.1 Å². The number of hydrogen-bond donors (Lipinski definition) is 1. The molecule has 0 atom stereocenters. The lowest BCUT2D eigenvalue weighted by Gasteiger charge is -2.06. The summed E-state index contributed by atoms with van der Waals surface area (Å²) < 4.78 is 1.86. The molecule has 2 heterocycles. The minimum atomic E-state index is -0.635. The molecule has 2 rings (SSSR count). The van der Waals surface area contributed by atoms with Crippen molar-refractivity contribution in [2.75, 3.05) is 0 Å². The Kier molecular flexibility index (Phi) is 3.70. The van der Waals surface area contributed by atoms with Crippen molar-refractivity contribution in [3.05, 3.63) is 43.9 Å². The summed E-state index contributed by atoms with van der Waals surface area (Å²) in [5, 5.41) is 9.89. The highest BCUT2D eigenvalue weighted by Crippen LogP contribution is 2.10. The highest BCUT2D eigenvalue weighted by molar-refractivity contribution is 5.83. The highest BCUT2D eigenvalue weighted by atomic mass is 16.3. The third kappa shape index (κ3) is 2.73. The van der Waals surface area contributed by atoms with Crippen molar-refractivity contribution in [1.29, 1.82) is 0 Å². The molecule has 0 aliphatic heterocycles. The van der Waals surface area contributed by atoms with Gasteiger partial charge in [-0.15, -0.1) is 0 Å². The molecule has 110 valence electrons. The fraction of sp³-hybridized carbons (Fsp3) is 0.308. The van der Waals surface area contributed by atoms with E-state index in [0.717, 1.165) is 26.7 Å². The molecule has 2 aromatic heterocycles. The van der Waals surface area contributed by atoms with Crippen LogP contribution in [-0.2, 0) is 14.1 Å². The molecule has 1 N–H and O–H groups in total. The van der Waals surface area contributed by atoms with Gasteiger partial charge >= 0.3 is 5.69 Å². The molecule has 0 saturated heterocycles. The smallest absolute Gasteiger partial charge is 0.333 e. The van der Waals surface area contributed by atoms with Gasteiger partial charge in [-0.1, -0.05) is 0 Å². The summed E-state index contributed by atoms with van der Waals surface area (Å²) in [7, 11) is 2.69. The SMILES string of the molecule is Cc1cc(C)nc(/N=C/c2c(O)n(C)c(=O)n(C)c2=O)n1. The maximum atomic E-state index is 12.0. The second kappa shape index (κ2) is 5.31. The Morgan fingerprint density at radius 2 is 1.71 bits per heavy atom. The van der Waals surface area contributed by atoms with E-state index in [1.165, 1.54) is 14.1 Å². The molecule has 21 heavy (non-hydrogen) atoms. The normalized spacial score (nSPS) is 11.2. The molecule has 8 nitrogen and oxygen atoms in total. The van der Waals surface area contributed by atoms with E-state index in [0.29, 0.717) is 0 Å². The second-order valence-electron chi connectivity index (χ2n) is 4.65. The minimum absolute atomic E-state index is 0.0950. The van der Waals surface area contributed by atoms with Gasteiger partial charge in [-0.3, -0.25) is 13.9 Å². The summed E-state index contributed by atoms with van der Waals surface area (Å²) in [5.41, 5.74) is 0.142. The van der Waals surface area contributed by atoms with Crippen LogP contribution in [0.1, 0.15) is 17.0 Å². The lowest BCUT2D eigenvalue weighted by atomic mass is 10.3. The Balaban J connectivity index is 2.56. The zero-order valence-electron chi connectivity index (χ0n) is 12.2. The van der Waals surface area contributed by atoms with Gasteiger partial charge in [0.15, 0.2) is 0 Å². The van der Waals surface area contributed by atoms with Crippen LogP contribution in [0.2, 0.25) is 0 Å². The van der Waals surface area contributed by atoms with Crippen LogP contribution in [0.15, 0.2) is 20.6 Å². The van der Waals surface area contributed by atoms with E-state index in [9.17, 15) is 14.7 Å². The average Bonchev–Trinajstić information content (AvgIpc) is 2.42. The van der Waals surface area contributed by atoms with Gasteiger partial charge in [-0.25, -0.2) is 19.8 Å². The number of aromatic nitrogens is 4. The molecule has 0 amide bonds. The van der Waals surface area contributed by atoms with Crippen LogP contribution in [0.25, 0.3) is 0 Å². The largest absolute Gasteiger partial charge is 0.494 e. The van der Waals surface area contributed by atoms with Gasteiger partial charge in [0.05, 0.1) is 0 Å². The third-order valence-electron chi connectivity index (χ3n) is 2.95. The van der Waals surface area contributed by atoms with Crippen LogP contribution in [-0.4, -0.2) is 30.4 Å². The molecule has 0 saturated carbocycles. The Morgan fingerprint density at radius 1 is 1.14 bits per heavy atom. The van der Waals surface area contributed by atoms with Gasteiger partial charge in [-0.2, -0.15) is 0 Å². The second-order valence-corrected chi connectivity index (χ2v) is 4.65. The number of aryl methyl sites for hydroxylation is 2. The maximum absolute atomic E-state index is 12.0. The van der Waals surface area contributed by atoms with Gasteiger partial charge in [0, 0.05) is 31.7 Å². The summed E-state index contributed by atoms with van der Waals surface area (Å²) in [6.07, 6.45) is 1.16. The molecule has 0 bridgehead atoms. The van der Waals surface area contributed by atoms with Gasteiger partial charge in [-0.05, 0) is 19.9 Å². The predicted octanol–water partition coefficient (Wildman–Crippen LogP) is -0.0530. The first-order valence-corrected chi connectivity index (χ1v) is 6.16. The molecule has 8 heteroatoms. The number of hydrogen-bond acceptors (Lipinski definition) is 6. The first-order chi connectivity index (χ1) is 9.81. The van der Waals surface area contributed by atoms with Crippen LogP contribution < -0.4 is 11.2 Å². The summed E-state index contributed by atoms with van der Waals surface area (Å²) in [4.78, 5) is 35.8. The van der Waals surface area contributed by atoms with E-state index in [1.807, 2.05) is 0 Å². The highest BCUT2D eigenvalue weighted by Gasteiger charge is 2.13. The van der Waals surface area contributed by atoms with Crippen molar-refractivity contribution >= 4 is 12.2 Å². The Bertz CT molecular complexity index is 828. The topological polar surface area (TPSA) is 102 Å². The number of aromatic hydroxyl groups is 1. The molecular formula is C13H15N5O3. The van der Waals surface area contributed by atoms with Gasteiger partial charge in [0.25, 0.3) is 5.56 Å². The lowest BCUT2D eigenvalue weighted by Crippen LogP contribution is -2.38. The van der Waals surface area contributed by atoms with E-state index < -0.39 is 17.1 Å². The van der Waals surface area contributed by atoms with Gasteiger partial charge in [0.2, 0.25) is 11.8 Å². The van der Waals surface area contributed by atoms with Crippen LogP contribution in [0, 0.1) is 13.8 Å². The van der Waals surface area contributed by atoms with Gasteiger partial charge in [0.1, 0.15) is 5.56 Å². The van der Waals surface area contributed by atoms with Crippen LogP contribution in [0.5, 0.6) is 5.88 Å². The van der Waals surface area contributed by atoms with Gasteiger partial charge < -0.3 is 5.11 Å². The van der Waals surface area contributed by atoms with E-state index in [1.54, 1.807) is 19.9 Å². The fourth-order valence-electron chi connectivity index (χ4n) is 1.86. The molecular weight excluding hydrogens is 274 g/mol. The van der Waals surface area contributed by atoms with Crippen LogP contribution in [0.4, 0.5) is 5.95 Å². The molecule has 2 aromatic rings. The van der Waals surface area contributed by atoms with Crippen LogP contribution in [0.3, 0.4) is 0 Å². The fourth-order valence-corrected chi connectivity index (χ4v) is 1.86. The van der Waals surface area contributed by atoms with Crippen molar-refractivity contribution in [2.45, 2.75) is 13.8 Å². The molecule has 0 aliphatic rings. The summed E-state index contributed by atoms with van der Waals surface area (Å²) >= 11 is 0. The predicted molar refractivity (Wildman–Crippen MR) is 77.3 cm³/mol. The number of rotatable bonds is 2. The van der Waals surface area contributed by atoms with Crippen LogP contribution >= 0.6 is 0 Å². The Labute approximate surface area is 120 Å². The molecule has 0 aromatic carbocycles. The molecule has 0 unspecified atom stereocenters. The molecule has 0 radical (unpaired) electrons. The van der Waals surface area contributed by atoms with Crippen molar-refractivity contribution < 1.29 is 5.11 Å². The monoisotopic (exact) mass is 289 g/mol.